The van der Waals surface area contributed by atoms with Crippen LogP contribution in [0.25, 0.3) is 10.9 Å². The van der Waals surface area contributed by atoms with Gasteiger partial charge in [-0.1, -0.05) is 18.0 Å². The number of anilines is 2. The number of aromatic nitrogens is 4. The van der Waals surface area contributed by atoms with E-state index in [4.69, 9.17) is 25.8 Å². The quantitative estimate of drug-likeness (QED) is 0.483. The summed E-state index contributed by atoms with van der Waals surface area (Å²) in [6, 6.07) is 3.77. The molecule has 0 bridgehead atoms. The van der Waals surface area contributed by atoms with Crippen molar-refractivity contribution in [2.75, 3.05) is 38.7 Å². The molecular weight excluding hydrogens is 444 g/mol. The minimum Gasteiger partial charge on any atom is -0.492 e. The molecule has 1 aliphatic heterocycles. The summed E-state index contributed by atoms with van der Waals surface area (Å²) in [5, 5.41) is 4.05. The number of likely N-dealkylation sites (tertiary alicyclic amines) is 1. The van der Waals surface area contributed by atoms with E-state index < -0.39 is 0 Å². The summed E-state index contributed by atoms with van der Waals surface area (Å²) in [4.78, 5) is 19.7. The van der Waals surface area contributed by atoms with Gasteiger partial charge in [0.1, 0.15) is 30.3 Å². The standard InChI is InChI=1S/C23H29ClN6O3/c1-15(2)33-18-12-16(32-10-9-30-7-5-4-6-8-30)11-17-20(18)22(27-14-26-17)29-23-21(24)25-13-19(28-23)31-3/h11-15H,4-10H2,1-3H3,(H,26,27,28,29). The fourth-order valence-electron chi connectivity index (χ4n) is 3.78. The van der Waals surface area contributed by atoms with Crippen LogP contribution in [0.3, 0.4) is 0 Å². The van der Waals surface area contributed by atoms with Gasteiger partial charge in [-0.2, -0.15) is 4.98 Å². The minimum atomic E-state index is -0.0509. The van der Waals surface area contributed by atoms with Crippen molar-refractivity contribution in [2.45, 2.75) is 39.2 Å². The van der Waals surface area contributed by atoms with E-state index in [-0.39, 0.29) is 11.3 Å². The van der Waals surface area contributed by atoms with Crippen LogP contribution in [0.5, 0.6) is 17.4 Å². The van der Waals surface area contributed by atoms with Gasteiger partial charge >= 0.3 is 0 Å². The summed E-state index contributed by atoms with van der Waals surface area (Å²) in [5.41, 5.74) is 0.686. The SMILES string of the molecule is COc1cnc(Cl)c(Nc2ncnc3cc(OCCN4CCCCC4)cc(OC(C)C)c23)n1. The maximum Gasteiger partial charge on any atom is 0.234 e. The van der Waals surface area contributed by atoms with Crippen LogP contribution in [0.2, 0.25) is 5.15 Å². The zero-order valence-electron chi connectivity index (χ0n) is 19.2. The number of rotatable bonds is 9. The van der Waals surface area contributed by atoms with Crippen LogP contribution >= 0.6 is 11.6 Å². The van der Waals surface area contributed by atoms with E-state index in [1.807, 2.05) is 26.0 Å². The first-order valence-corrected chi connectivity index (χ1v) is 11.6. The first kappa shape index (κ1) is 23.3. The van der Waals surface area contributed by atoms with Crippen molar-refractivity contribution >= 4 is 34.1 Å². The number of nitrogens with zero attached hydrogens (tertiary/aromatic N) is 5. The molecule has 0 radical (unpaired) electrons. The van der Waals surface area contributed by atoms with Crippen LogP contribution in [0.15, 0.2) is 24.7 Å². The lowest BCUT2D eigenvalue weighted by atomic mass is 10.1. The Hall–Kier alpha value is -2.91. The number of halogens is 1. The largest absolute Gasteiger partial charge is 0.492 e. The van der Waals surface area contributed by atoms with Crippen molar-refractivity contribution in [3.63, 3.8) is 0 Å². The number of fused-ring (bicyclic) bond motifs is 1. The molecule has 0 amide bonds. The van der Waals surface area contributed by atoms with Crippen LogP contribution in [0.4, 0.5) is 11.6 Å². The van der Waals surface area contributed by atoms with E-state index in [0.29, 0.717) is 46.5 Å². The van der Waals surface area contributed by atoms with Gasteiger partial charge in [-0.15, -0.1) is 0 Å². The highest BCUT2D eigenvalue weighted by molar-refractivity contribution is 6.31. The molecule has 9 nitrogen and oxygen atoms in total. The summed E-state index contributed by atoms with van der Waals surface area (Å²) in [7, 11) is 1.52. The second-order valence-electron chi connectivity index (χ2n) is 8.13. The van der Waals surface area contributed by atoms with Crippen LogP contribution < -0.4 is 19.5 Å². The molecule has 4 rings (SSSR count). The average Bonchev–Trinajstić information content (AvgIpc) is 2.81. The molecule has 0 aliphatic carbocycles. The molecule has 1 aliphatic rings. The normalized spacial score (nSPS) is 14.5. The Morgan fingerprint density at radius 1 is 1.09 bits per heavy atom. The van der Waals surface area contributed by atoms with Gasteiger partial charge in [0.25, 0.3) is 0 Å². The second kappa shape index (κ2) is 10.8. The Bertz CT molecular complexity index is 1090. The van der Waals surface area contributed by atoms with Gasteiger partial charge in [-0.05, 0) is 39.8 Å². The molecule has 1 fully saturated rings. The summed E-state index contributed by atoms with van der Waals surface area (Å²) in [6.07, 6.45) is 6.72. The molecule has 0 spiro atoms. The number of benzene rings is 1. The molecule has 0 saturated carbocycles. The summed E-state index contributed by atoms with van der Waals surface area (Å²) in [6.45, 7) is 7.73. The predicted octanol–water partition coefficient (Wildman–Crippen LogP) is 4.48. The Balaban J connectivity index is 1.62. The maximum absolute atomic E-state index is 6.23. The van der Waals surface area contributed by atoms with Crippen molar-refractivity contribution in [1.82, 2.24) is 24.8 Å². The third-order valence-corrected chi connectivity index (χ3v) is 5.59. The number of piperidine rings is 1. The molecule has 1 N–H and O–H groups in total. The molecule has 0 atom stereocenters. The zero-order chi connectivity index (χ0) is 23.2. The topological polar surface area (TPSA) is 94.5 Å². The average molecular weight is 473 g/mol. The molecular formula is C23H29ClN6O3. The molecule has 176 valence electrons. The lowest BCUT2D eigenvalue weighted by molar-refractivity contribution is 0.183. The van der Waals surface area contributed by atoms with Gasteiger partial charge in [0.05, 0.1) is 30.3 Å². The van der Waals surface area contributed by atoms with Crippen LogP contribution in [0, 0.1) is 0 Å². The van der Waals surface area contributed by atoms with Gasteiger partial charge in [-0.3, -0.25) is 4.90 Å². The lowest BCUT2D eigenvalue weighted by Gasteiger charge is -2.26. The van der Waals surface area contributed by atoms with Crippen molar-refractivity contribution in [3.05, 3.63) is 29.8 Å². The number of nitrogens with one attached hydrogen (secondary N) is 1. The van der Waals surface area contributed by atoms with Gasteiger partial charge in [0, 0.05) is 18.7 Å². The third-order valence-electron chi connectivity index (χ3n) is 5.31. The smallest absolute Gasteiger partial charge is 0.234 e. The molecule has 1 aromatic carbocycles. The second-order valence-corrected chi connectivity index (χ2v) is 8.49. The first-order valence-electron chi connectivity index (χ1n) is 11.2. The molecule has 1 saturated heterocycles. The molecule has 0 unspecified atom stereocenters. The van der Waals surface area contributed by atoms with Crippen LogP contribution in [-0.4, -0.2) is 64.3 Å². The van der Waals surface area contributed by atoms with E-state index in [9.17, 15) is 0 Å². The van der Waals surface area contributed by atoms with Crippen LogP contribution in [-0.2, 0) is 0 Å². The summed E-state index contributed by atoms with van der Waals surface area (Å²) >= 11 is 6.23. The predicted molar refractivity (Wildman–Crippen MR) is 128 cm³/mol. The van der Waals surface area contributed by atoms with Gasteiger partial charge in [0.2, 0.25) is 5.88 Å². The van der Waals surface area contributed by atoms with Crippen molar-refractivity contribution in [2.24, 2.45) is 0 Å². The first-order chi connectivity index (χ1) is 16.0. The summed E-state index contributed by atoms with van der Waals surface area (Å²) < 4.78 is 17.4. The fraction of sp³-hybridized carbons (Fsp3) is 0.478. The maximum atomic E-state index is 6.23. The van der Waals surface area contributed by atoms with Crippen molar-refractivity contribution in [1.29, 1.82) is 0 Å². The highest BCUT2D eigenvalue weighted by Crippen LogP contribution is 2.36. The Kier molecular flexibility index (Phi) is 7.61. The molecule has 2 aromatic heterocycles. The van der Waals surface area contributed by atoms with E-state index in [1.54, 1.807) is 0 Å². The third kappa shape index (κ3) is 5.91. The van der Waals surface area contributed by atoms with Crippen molar-refractivity contribution in [3.8, 4) is 17.4 Å². The highest BCUT2D eigenvalue weighted by atomic mass is 35.5. The number of methoxy groups -OCH3 is 1. The Labute approximate surface area is 198 Å². The number of hydrogen-bond acceptors (Lipinski definition) is 9. The van der Waals surface area contributed by atoms with E-state index >= 15 is 0 Å². The summed E-state index contributed by atoms with van der Waals surface area (Å²) in [5.74, 6) is 2.49. The Morgan fingerprint density at radius 2 is 1.91 bits per heavy atom. The lowest BCUT2D eigenvalue weighted by Crippen LogP contribution is -2.33. The Morgan fingerprint density at radius 3 is 2.67 bits per heavy atom. The monoisotopic (exact) mass is 472 g/mol. The molecule has 3 aromatic rings. The van der Waals surface area contributed by atoms with Gasteiger partial charge < -0.3 is 19.5 Å². The van der Waals surface area contributed by atoms with E-state index in [2.05, 4.69) is 30.2 Å². The highest BCUT2D eigenvalue weighted by Gasteiger charge is 2.17. The van der Waals surface area contributed by atoms with Gasteiger partial charge in [0.15, 0.2) is 11.0 Å². The molecule has 3 heterocycles. The van der Waals surface area contributed by atoms with Crippen molar-refractivity contribution < 1.29 is 14.2 Å². The fourth-order valence-corrected chi connectivity index (χ4v) is 3.92. The number of hydrogen-bond donors (Lipinski definition) is 1. The van der Waals surface area contributed by atoms with Gasteiger partial charge in [-0.25, -0.2) is 15.0 Å². The van der Waals surface area contributed by atoms with Crippen LogP contribution in [0.1, 0.15) is 33.1 Å². The minimum absolute atomic E-state index is 0.0509. The zero-order valence-corrected chi connectivity index (χ0v) is 19.9. The molecule has 33 heavy (non-hydrogen) atoms. The van der Waals surface area contributed by atoms with E-state index in [1.165, 1.54) is 38.9 Å². The number of ether oxygens (including phenoxy) is 3. The van der Waals surface area contributed by atoms with E-state index in [0.717, 1.165) is 19.6 Å². The molecule has 10 heteroatoms.